The van der Waals surface area contributed by atoms with Crippen LogP contribution in [0.5, 0.6) is 0 Å². The highest BCUT2D eigenvalue weighted by molar-refractivity contribution is 4.80. The molecule has 0 amide bonds. The highest BCUT2D eigenvalue weighted by Crippen LogP contribution is 2.32. The summed E-state index contributed by atoms with van der Waals surface area (Å²) in [6.45, 7) is 6.67. The first kappa shape index (κ1) is 11.0. The summed E-state index contributed by atoms with van der Waals surface area (Å²) in [4.78, 5) is 0. The van der Waals surface area contributed by atoms with Crippen LogP contribution in [0.4, 0.5) is 0 Å². The van der Waals surface area contributed by atoms with Gasteiger partial charge in [-0.1, -0.05) is 33.6 Å². The lowest BCUT2D eigenvalue weighted by atomic mass is 9.76. The van der Waals surface area contributed by atoms with E-state index in [2.05, 4.69) is 26.3 Å². The minimum atomic E-state index is 0.299. The van der Waals surface area contributed by atoms with Crippen molar-refractivity contribution in [2.45, 2.75) is 52.5 Å². The van der Waals surface area contributed by atoms with Gasteiger partial charge in [0, 0.05) is 6.04 Å². The van der Waals surface area contributed by atoms with Crippen molar-refractivity contribution in [1.82, 2.24) is 5.48 Å². The first-order chi connectivity index (χ1) is 6.15. The van der Waals surface area contributed by atoms with Gasteiger partial charge in [-0.05, 0) is 30.6 Å². The maximum Gasteiger partial charge on any atom is 0.0370 e. The van der Waals surface area contributed by atoms with Crippen LogP contribution >= 0.6 is 0 Å². The van der Waals surface area contributed by atoms with Crippen molar-refractivity contribution >= 4 is 0 Å². The average Bonchev–Trinajstić information content (AvgIpc) is 2.09. The molecule has 0 radical (unpaired) electrons. The second-order valence-corrected chi connectivity index (χ2v) is 4.92. The van der Waals surface area contributed by atoms with Crippen LogP contribution in [-0.4, -0.2) is 11.2 Å². The Morgan fingerprint density at radius 3 is 2.08 bits per heavy atom. The molecule has 1 aliphatic rings. The minimum Gasteiger partial charge on any atom is -0.317 e. The van der Waals surface area contributed by atoms with Gasteiger partial charge in [-0.25, -0.2) is 5.48 Å². The van der Waals surface area contributed by atoms with Crippen LogP contribution in [0.1, 0.15) is 46.5 Å². The second kappa shape index (κ2) is 4.97. The van der Waals surface area contributed by atoms with Crippen molar-refractivity contribution in [3.63, 3.8) is 0 Å². The third-order valence-corrected chi connectivity index (χ3v) is 3.44. The summed E-state index contributed by atoms with van der Waals surface area (Å²) in [6.07, 6.45) is 5.21. The standard InChI is InChI=1S/C11H23NO/c1-8(2)11(12-13)10-6-4-9(3)5-7-10/h8-13H,4-7H2,1-3H3. The van der Waals surface area contributed by atoms with Crippen LogP contribution in [-0.2, 0) is 0 Å². The molecule has 2 heteroatoms. The van der Waals surface area contributed by atoms with E-state index in [1.165, 1.54) is 25.7 Å². The predicted octanol–water partition coefficient (Wildman–Crippen LogP) is 2.82. The molecule has 1 aliphatic carbocycles. The summed E-state index contributed by atoms with van der Waals surface area (Å²) in [5.74, 6) is 2.10. The van der Waals surface area contributed by atoms with Gasteiger partial charge in [0.05, 0.1) is 0 Å². The lowest BCUT2D eigenvalue weighted by molar-refractivity contribution is 0.0562. The van der Waals surface area contributed by atoms with Gasteiger partial charge in [0.2, 0.25) is 0 Å². The Bertz CT molecular complexity index is 139. The molecule has 0 saturated heterocycles. The summed E-state index contributed by atoms with van der Waals surface area (Å²) in [6, 6.07) is 0.299. The third-order valence-electron chi connectivity index (χ3n) is 3.44. The summed E-state index contributed by atoms with van der Waals surface area (Å²) in [7, 11) is 0. The molecule has 0 aromatic rings. The fourth-order valence-electron chi connectivity index (χ4n) is 2.44. The Balaban J connectivity index is 2.41. The number of hydroxylamine groups is 1. The summed E-state index contributed by atoms with van der Waals surface area (Å²) < 4.78 is 0. The molecular formula is C11H23NO. The van der Waals surface area contributed by atoms with E-state index in [0.29, 0.717) is 17.9 Å². The quantitative estimate of drug-likeness (QED) is 0.663. The number of rotatable bonds is 3. The molecule has 13 heavy (non-hydrogen) atoms. The molecule has 1 atom stereocenters. The van der Waals surface area contributed by atoms with Gasteiger partial charge in [0.1, 0.15) is 0 Å². The smallest absolute Gasteiger partial charge is 0.0370 e. The van der Waals surface area contributed by atoms with Gasteiger partial charge in [-0.3, -0.25) is 0 Å². The van der Waals surface area contributed by atoms with Gasteiger partial charge in [-0.2, -0.15) is 0 Å². The van der Waals surface area contributed by atoms with Gasteiger partial charge in [0.15, 0.2) is 0 Å². The predicted molar refractivity (Wildman–Crippen MR) is 54.7 cm³/mol. The first-order valence-electron chi connectivity index (χ1n) is 5.54. The van der Waals surface area contributed by atoms with E-state index in [-0.39, 0.29) is 0 Å². The van der Waals surface area contributed by atoms with Crippen LogP contribution in [0.3, 0.4) is 0 Å². The summed E-state index contributed by atoms with van der Waals surface area (Å²) >= 11 is 0. The van der Waals surface area contributed by atoms with E-state index in [1.807, 2.05) is 0 Å². The van der Waals surface area contributed by atoms with Crippen LogP contribution in [0, 0.1) is 17.8 Å². The van der Waals surface area contributed by atoms with Crippen molar-refractivity contribution in [2.75, 3.05) is 0 Å². The lowest BCUT2D eigenvalue weighted by Crippen LogP contribution is -2.40. The number of hydrogen-bond acceptors (Lipinski definition) is 2. The highest BCUT2D eigenvalue weighted by atomic mass is 16.5. The molecule has 1 saturated carbocycles. The fourth-order valence-corrected chi connectivity index (χ4v) is 2.44. The SMILES string of the molecule is CC1CCC(C(NO)C(C)C)CC1. The van der Waals surface area contributed by atoms with Crippen LogP contribution in [0.2, 0.25) is 0 Å². The maximum absolute atomic E-state index is 9.06. The Kier molecular flexibility index (Phi) is 4.20. The molecule has 0 aromatic heterocycles. The summed E-state index contributed by atoms with van der Waals surface area (Å²) in [5.41, 5.74) is 2.49. The molecule has 2 N–H and O–H groups in total. The van der Waals surface area contributed by atoms with E-state index in [9.17, 15) is 0 Å². The highest BCUT2D eigenvalue weighted by Gasteiger charge is 2.27. The van der Waals surface area contributed by atoms with Gasteiger partial charge in [0.25, 0.3) is 0 Å². The van der Waals surface area contributed by atoms with E-state index < -0.39 is 0 Å². The Morgan fingerprint density at radius 1 is 1.15 bits per heavy atom. The molecular weight excluding hydrogens is 162 g/mol. The molecule has 0 bridgehead atoms. The Morgan fingerprint density at radius 2 is 1.69 bits per heavy atom. The van der Waals surface area contributed by atoms with Gasteiger partial charge >= 0.3 is 0 Å². The van der Waals surface area contributed by atoms with Crippen molar-refractivity contribution in [1.29, 1.82) is 0 Å². The third kappa shape index (κ3) is 2.96. The monoisotopic (exact) mass is 185 g/mol. The normalized spacial score (nSPS) is 32.1. The molecule has 0 heterocycles. The molecule has 78 valence electrons. The number of hydrogen-bond donors (Lipinski definition) is 2. The molecule has 0 aromatic carbocycles. The zero-order valence-electron chi connectivity index (χ0n) is 9.09. The minimum absolute atomic E-state index is 0.299. The van der Waals surface area contributed by atoms with Crippen molar-refractivity contribution in [2.24, 2.45) is 17.8 Å². The average molecular weight is 185 g/mol. The van der Waals surface area contributed by atoms with E-state index in [1.54, 1.807) is 0 Å². The largest absolute Gasteiger partial charge is 0.317 e. The van der Waals surface area contributed by atoms with Crippen molar-refractivity contribution < 1.29 is 5.21 Å². The van der Waals surface area contributed by atoms with Gasteiger partial charge < -0.3 is 5.21 Å². The molecule has 2 nitrogen and oxygen atoms in total. The Hall–Kier alpha value is -0.0800. The molecule has 1 rings (SSSR count). The first-order valence-corrected chi connectivity index (χ1v) is 5.54. The molecule has 0 aliphatic heterocycles. The fraction of sp³-hybridized carbons (Fsp3) is 1.00. The molecule has 1 fully saturated rings. The van der Waals surface area contributed by atoms with Crippen LogP contribution < -0.4 is 5.48 Å². The summed E-state index contributed by atoms with van der Waals surface area (Å²) in [5, 5.41) is 9.06. The lowest BCUT2D eigenvalue weighted by Gasteiger charge is -2.33. The second-order valence-electron chi connectivity index (χ2n) is 4.92. The Labute approximate surface area is 81.7 Å². The van der Waals surface area contributed by atoms with E-state index in [0.717, 1.165) is 5.92 Å². The van der Waals surface area contributed by atoms with Crippen LogP contribution in [0.25, 0.3) is 0 Å². The molecule has 0 spiro atoms. The van der Waals surface area contributed by atoms with Crippen molar-refractivity contribution in [3.05, 3.63) is 0 Å². The topological polar surface area (TPSA) is 32.3 Å². The van der Waals surface area contributed by atoms with Gasteiger partial charge in [-0.15, -0.1) is 0 Å². The van der Waals surface area contributed by atoms with Crippen LogP contribution in [0.15, 0.2) is 0 Å². The van der Waals surface area contributed by atoms with E-state index in [4.69, 9.17) is 5.21 Å². The van der Waals surface area contributed by atoms with Crippen molar-refractivity contribution in [3.8, 4) is 0 Å². The van der Waals surface area contributed by atoms with E-state index >= 15 is 0 Å². The number of nitrogens with one attached hydrogen (secondary N) is 1. The zero-order valence-corrected chi connectivity index (χ0v) is 9.09. The zero-order chi connectivity index (χ0) is 9.84. The maximum atomic E-state index is 9.06. The molecule has 1 unspecified atom stereocenters.